The highest BCUT2D eigenvalue weighted by Gasteiger charge is 2.24. The maximum Gasteiger partial charge on any atom is 0.268 e. The van der Waals surface area contributed by atoms with Crippen molar-refractivity contribution >= 4 is 13.7 Å². The molecule has 400 valence electrons. The second kappa shape index (κ2) is 50.2. The van der Waals surface area contributed by atoms with E-state index in [9.17, 15) is 19.4 Å². The van der Waals surface area contributed by atoms with E-state index in [0.29, 0.717) is 23.9 Å². The quantitative estimate of drug-likeness (QED) is 0.0272. The van der Waals surface area contributed by atoms with Crippen LogP contribution in [0, 0.1) is 0 Å². The number of hydrogen-bond acceptors (Lipinski definition) is 6. The van der Waals surface area contributed by atoms with Crippen LogP contribution >= 0.6 is 7.82 Å². The first kappa shape index (κ1) is 66.2. The van der Waals surface area contributed by atoms with Gasteiger partial charge in [-0.2, -0.15) is 0 Å². The number of allylic oxidation sites excluding steroid dienone is 2. The molecule has 0 aromatic heterocycles. The van der Waals surface area contributed by atoms with Gasteiger partial charge in [0.1, 0.15) is 13.2 Å². The molecule has 0 fully saturated rings. The van der Waals surface area contributed by atoms with Crippen molar-refractivity contribution in [1.82, 2.24) is 5.32 Å². The molecule has 0 spiro atoms. The number of carbonyl (C=O) groups is 1. The summed E-state index contributed by atoms with van der Waals surface area (Å²) >= 11 is 0. The Balaban J connectivity index is 4.05. The van der Waals surface area contributed by atoms with Gasteiger partial charge in [0, 0.05) is 6.42 Å². The van der Waals surface area contributed by atoms with Crippen LogP contribution in [0.2, 0.25) is 0 Å². The van der Waals surface area contributed by atoms with Gasteiger partial charge in [-0.05, 0) is 38.5 Å². The number of phosphoric ester groups is 1. The molecular formula is C58H117N2O6P. The van der Waals surface area contributed by atoms with Crippen LogP contribution in [0.1, 0.15) is 303 Å². The standard InChI is InChI=1S/C58H117N2O6P/c1-6-8-10-12-14-16-18-20-22-24-25-26-27-28-29-30-31-32-33-34-35-36-38-40-42-44-46-48-50-52-58(62)59-56(55-66-67(63,64)65-54-53-60(3,4)5)57(61)51-49-47-45-43-41-39-37-23-21-19-17-15-13-11-9-7-2/h28-29,56-57,61H,6-27,30-55H2,1-5H3,(H-,59,62,63,64)/b29-28-. The Morgan fingerprint density at radius 1 is 0.507 bits per heavy atom. The van der Waals surface area contributed by atoms with Crippen LogP contribution in [0.3, 0.4) is 0 Å². The number of quaternary nitrogens is 1. The van der Waals surface area contributed by atoms with Crippen LogP contribution in [0.5, 0.6) is 0 Å². The summed E-state index contributed by atoms with van der Waals surface area (Å²) in [5.41, 5.74) is 0. The predicted molar refractivity (Wildman–Crippen MR) is 289 cm³/mol. The number of hydrogen-bond donors (Lipinski definition) is 2. The first-order valence-electron chi connectivity index (χ1n) is 29.5. The summed E-state index contributed by atoms with van der Waals surface area (Å²) in [5, 5.41) is 14.0. The molecule has 1 amide bonds. The van der Waals surface area contributed by atoms with Crippen LogP contribution in [0.4, 0.5) is 0 Å². The van der Waals surface area contributed by atoms with Gasteiger partial charge in [0.25, 0.3) is 7.82 Å². The number of nitrogens with one attached hydrogen (secondary N) is 1. The lowest BCUT2D eigenvalue weighted by Gasteiger charge is -2.30. The number of phosphoric acid groups is 1. The van der Waals surface area contributed by atoms with Crippen molar-refractivity contribution in [2.45, 2.75) is 315 Å². The average Bonchev–Trinajstić information content (AvgIpc) is 3.29. The number of aliphatic hydroxyl groups excluding tert-OH is 1. The third-order valence-electron chi connectivity index (χ3n) is 13.8. The van der Waals surface area contributed by atoms with E-state index in [1.807, 2.05) is 21.1 Å². The Bertz CT molecular complexity index is 1100. The molecule has 3 unspecified atom stereocenters. The molecule has 0 aliphatic heterocycles. The third kappa shape index (κ3) is 52.9. The van der Waals surface area contributed by atoms with Gasteiger partial charge in [0.05, 0.1) is 39.9 Å². The number of unbranched alkanes of at least 4 members (excludes halogenated alkanes) is 40. The Morgan fingerprint density at radius 2 is 0.821 bits per heavy atom. The van der Waals surface area contributed by atoms with Gasteiger partial charge in [-0.25, -0.2) is 0 Å². The van der Waals surface area contributed by atoms with E-state index in [1.54, 1.807) is 0 Å². The van der Waals surface area contributed by atoms with E-state index >= 15 is 0 Å². The van der Waals surface area contributed by atoms with Crippen LogP contribution in [0.25, 0.3) is 0 Å². The maximum atomic E-state index is 13.0. The van der Waals surface area contributed by atoms with E-state index in [-0.39, 0.29) is 19.1 Å². The monoisotopic (exact) mass is 969 g/mol. The van der Waals surface area contributed by atoms with Gasteiger partial charge in [-0.1, -0.05) is 270 Å². The van der Waals surface area contributed by atoms with Crippen molar-refractivity contribution in [2.24, 2.45) is 0 Å². The van der Waals surface area contributed by atoms with Gasteiger partial charge >= 0.3 is 0 Å². The Labute approximate surface area is 418 Å². The zero-order chi connectivity index (χ0) is 49.2. The number of aliphatic hydroxyl groups is 1. The smallest absolute Gasteiger partial charge is 0.268 e. The molecule has 0 saturated heterocycles. The topological polar surface area (TPSA) is 108 Å². The van der Waals surface area contributed by atoms with Gasteiger partial charge in [-0.15, -0.1) is 0 Å². The second-order valence-corrected chi connectivity index (χ2v) is 23.1. The summed E-state index contributed by atoms with van der Waals surface area (Å²) in [7, 11) is 1.32. The Hall–Kier alpha value is -0.760. The van der Waals surface area contributed by atoms with Crippen molar-refractivity contribution in [3.05, 3.63) is 12.2 Å². The SMILES string of the molecule is CCCCCCCCCCCCCC/C=C\CCCCCCCCCCCCCCCC(=O)NC(COP(=O)([O-])OCC[N+](C)(C)C)C(O)CCCCCCCCCCCCCCCCCC. The lowest BCUT2D eigenvalue weighted by Crippen LogP contribution is -2.46. The number of likely N-dealkylation sites (N-methyl/N-ethyl adjacent to an activating group) is 1. The summed E-state index contributed by atoms with van der Waals surface area (Å²) in [6, 6.07) is -0.797. The number of rotatable bonds is 55. The van der Waals surface area contributed by atoms with Crippen LogP contribution < -0.4 is 10.2 Å². The summed E-state index contributed by atoms with van der Waals surface area (Å²) in [4.78, 5) is 25.5. The molecule has 0 aromatic carbocycles. The molecule has 0 rings (SSSR count). The lowest BCUT2D eigenvalue weighted by molar-refractivity contribution is -0.870. The van der Waals surface area contributed by atoms with E-state index in [2.05, 4.69) is 31.3 Å². The molecule has 0 saturated carbocycles. The molecule has 2 N–H and O–H groups in total. The Morgan fingerprint density at radius 3 is 1.16 bits per heavy atom. The van der Waals surface area contributed by atoms with Gasteiger partial charge in [0.2, 0.25) is 5.91 Å². The zero-order valence-corrected chi connectivity index (χ0v) is 46.5. The fourth-order valence-corrected chi connectivity index (χ4v) is 9.82. The minimum Gasteiger partial charge on any atom is -0.756 e. The summed E-state index contributed by atoms with van der Waals surface area (Å²) in [5.74, 6) is -0.159. The molecule has 0 radical (unpaired) electrons. The number of carbonyl (C=O) groups excluding carboxylic acids is 1. The van der Waals surface area contributed by atoms with Gasteiger partial charge < -0.3 is 28.8 Å². The number of nitrogens with zero attached hydrogens (tertiary/aromatic N) is 1. The molecule has 9 heteroatoms. The highest BCUT2D eigenvalue weighted by atomic mass is 31.2. The van der Waals surface area contributed by atoms with Crippen LogP contribution in [0.15, 0.2) is 12.2 Å². The molecule has 0 aliphatic carbocycles. The molecule has 67 heavy (non-hydrogen) atoms. The van der Waals surface area contributed by atoms with Crippen molar-refractivity contribution in [3.63, 3.8) is 0 Å². The van der Waals surface area contributed by atoms with Crippen molar-refractivity contribution in [3.8, 4) is 0 Å². The normalized spacial score (nSPS) is 14.0. The zero-order valence-electron chi connectivity index (χ0n) is 45.6. The lowest BCUT2D eigenvalue weighted by atomic mass is 10.0. The van der Waals surface area contributed by atoms with E-state index in [0.717, 1.165) is 38.5 Å². The highest BCUT2D eigenvalue weighted by Crippen LogP contribution is 2.38. The molecular weight excluding hydrogens is 852 g/mol. The first-order valence-corrected chi connectivity index (χ1v) is 31.0. The van der Waals surface area contributed by atoms with E-state index in [4.69, 9.17) is 9.05 Å². The molecule has 8 nitrogen and oxygen atoms in total. The second-order valence-electron chi connectivity index (χ2n) is 21.7. The predicted octanol–water partition coefficient (Wildman–Crippen LogP) is 17.2. The highest BCUT2D eigenvalue weighted by molar-refractivity contribution is 7.45. The summed E-state index contributed by atoms with van der Waals surface area (Å²) < 4.78 is 23.4. The molecule has 0 aliphatic rings. The van der Waals surface area contributed by atoms with Gasteiger partial charge in [0.15, 0.2) is 0 Å². The van der Waals surface area contributed by atoms with Crippen LogP contribution in [-0.2, 0) is 18.4 Å². The fourth-order valence-electron chi connectivity index (χ4n) is 9.10. The average molecular weight is 970 g/mol. The van der Waals surface area contributed by atoms with Crippen molar-refractivity contribution in [1.29, 1.82) is 0 Å². The minimum atomic E-state index is -4.57. The third-order valence-corrected chi connectivity index (χ3v) is 14.7. The molecule has 0 bridgehead atoms. The van der Waals surface area contributed by atoms with E-state index in [1.165, 1.54) is 238 Å². The molecule has 0 aromatic rings. The van der Waals surface area contributed by atoms with Gasteiger partial charge in [-0.3, -0.25) is 9.36 Å². The Kier molecular flexibility index (Phi) is 49.6. The molecule has 0 heterocycles. The largest absolute Gasteiger partial charge is 0.756 e. The molecule has 3 atom stereocenters. The fraction of sp³-hybridized carbons (Fsp3) is 0.948. The van der Waals surface area contributed by atoms with Crippen molar-refractivity contribution in [2.75, 3.05) is 40.9 Å². The maximum absolute atomic E-state index is 13.0. The van der Waals surface area contributed by atoms with E-state index < -0.39 is 20.0 Å². The van der Waals surface area contributed by atoms with Crippen LogP contribution in [-0.4, -0.2) is 68.5 Å². The number of amides is 1. The minimum absolute atomic E-state index is 0.0149. The van der Waals surface area contributed by atoms with Crippen molar-refractivity contribution < 1.29 is 32.9 Å². The first-order chi connectivity index (χ1) is 32.5. The summed E-state index contributed by atoms with van der Waals surface area (Å²) in [6.45, 7) is 4.77. The summed E-state index contributed by atoms with van der Waals surface area (Å²) in [6.07, 6.45) is 61.1.